The molecule has 1 heterocycles. The first-order valence-electron chi connectivity index (χ1n) is 2.21. The number of hydrogen-bond acceptors (Lipinski definition) is 1. The Hall–Kier alpha value is -0.900. The van der Waals surface area contributed by atoms with Crippen LogP contribution in [0, 0.1) is 18.7 Å². The fourth-order valence-corrected chi connectivity index (χ4v) is 0.521. The number of nitrogens with zero attached hydrogens (tertiary/aromatic N) is 1. The molecular formula is C6H5N. The van der Waals surface area contributed by atoms with Crippen LogP contribution >= 0.6 is 0 Å². The Morgan fingerprint density at radius 3 is 3.00 bits per heavy atom. The third-order valence-electron chi connectivity index (χ3n) is 0.879. The van der Waals surface area contributed by atoms with E-state index in [0.717, 1.165) is 13.0 Å². The van der Waals surface area contributed by atoms with Gasteiger partial charge in [-0.15, -0.1) is 0 Å². The molecule has 0 bridgehead atoms. The minimum Gasteiger partial charge on any atom is -0.299 e. The highest BCUT2D eigenvalue weighted by Gasteiger charge is 1.97. The van der Waals surface area contributed by atoms with Gasteiger partial charge in [0.2, 0.25) is 0 Å². The van der Waals surface area contributed by atoms with Crippen LogP contribution in [0.1, 0.15) is 6.42 Å². The smallest absolute Gasteiger partial charge is 0.0690 e. The Balaban J connectivity index is 2.47. The first-order chi connectivity index (χ1) is 3.43. The number of rotatable bonds is 0. The van der Waals surface area contributed by atoms with E-state index in [4.69, 9.17) is 6.42 Å². The topological polar surface area (TPSA) is 3.24 Å². The van der Waals surface area contributed by atoms with Crippen LogP contribution in [0.4, 0.5) is 0 Å². The Kier molecular flexibility index (Phi) is 1.04. The van der Waals surface area contributed by atoms with Gasteiger partial charge in [-0.05, 0) is 6.42 Å². The molecule has 0 aromatic carbocycles. The Morgan fingerprint density at radius 1 is 1.86 bits per heavy atom. The van der Waals surface area contributed by atoms with Gasteiger partial charge in [-0.25, -0.2) is 0 Å². The van der Waals surface area contributed by atoms with Gasteiger partial charge in [-0.3, -0.25) is 4.90 Å². The predicted octanol–water partition coefficient (Wildman–Crippen LogP) is 0.556. The lowest BCUT2D eigenvalue weighted by Crippen LogP contribution is -2.04. The molecule has 0 atom stereocenters. The molecule has 0 aromatic heterocycles. The van der Waals surface area contributed by atoms with Gasteiger partial charge in [0.15, 0.2) is 0 Å². The second-order valence-electron chi connectivity index (χ2n) is 1.39. The minimum atomic E-state index is 0.878. The molecule has 34 valence electrons. The average Bonchev–Trinajstić information content (AvgIpc) is 2.14. The predicted molar refractivity (Wildman–Crippen MR) is 26.3 cm³/mol. The van der Waals surface area contributed by atoms with E-state index in [1.807, 2.05) is 6.08 Å². The Morgan fingerprint density at radius 2 is 2.71 bits per heavy atom. The van der Waals surface area contributed by atoms with Crippen LogP contribution in [0.5, 0.6) is 0 Å². The van der Waals surface area contributed by atoms with E-state index >= 15 is 0 Å². The molecule has 7 heavy (non-hydrogen) atoms. The molecule has 0 aliphatic carbocycles. The van der Waals surface area contributed by atoms with Crippen molar-refractivity contribution in [3.8, 4) is 6.04 Å². The van der Waals surface area contributed by atoms with Gasteiger partial charge in [-0.2, -0.15) is 0 Å². The second-order valence-corrected chi connectivity index (χ2v) is 1.39. The molecular weight excluding hydrogens is 86.1 g/mol. The van der Waals surface area contributed by atoms with Crippen molar-refractivity contribution in [1.82, 2.24) is 4.90 Å². The molecule has 0 unspecified atom stereocenters. The van der Waals surface area contributed by atoms with Crippen molar-refractivity contribution >= 4 is 0 Å². The highest BCUT2D eigenvalue weighted by Crippen LogP contribution is 1.98. The molecule has 1 rings (SSSR count). The van der Waals surface area contributed by atoms with Crippen LogP contribution in [0.2, 0.25) is 0 Å². The van der Waals surface area contributed by atoms with E-state index in [9.17, 15) is 0 Å². The van der Waals surface area contributed by atoms with Gasteiger partial charge in [0, 0.05) is 19.0 Å². The molecule has 0 spiro atoms. The van der Waals surface area contributed by atoms with Crippen LogP contribution in [0.3, 0.4) is 0 Å². The summed E-state index contributed by atoms with van der Waals surface area (Å²) in [4.78, 5) is 1.60. The zero-order valence-electron chi connectivity index (χ0n) is 3.94. The quantitative estimate of drug-likeness (QED) is 0.394. The molecule has 2 radical (unpaired) electrons. The third kappa shape index (κ3) is 0.747. The van der Waals surface area contributed by atoms with Gasteiger partial charge < -0.3 is 0 Å². The second kappa shape index (κ2) is 1.70. The van der Waals surface area contributed by atoms with E-state index < -0.39 is 0 Å². The van der Waals surface area contributed by atoms with Crippen molar-refractivity contribution in [2.75, 3.05) is 6.54 Å². The fourth-order valence-electron chi connectivity index (χ4n) is 0.521. The highest BCUT2D eigenvalue weighted by molar-refractivity contribution is 4.93. The molecule has 0 N–H and O–H groups in total. The first kappa shape index (κ1) is 4.26. The van der Waals surface area contributed by atoms with E-state index in [1.165, 1.54) is 0 Å². The maximum Gasteiger partial charge on any atom is 0.0690 e. The van der Waals surface area contributed by atoms with Crippen LogP contribution in [0.15, 0.2) is 6.08 Å². The molecule has 0 fully saturated rings. The van der Waals surface area contributed by atoms with Gasteiger partial charge in [0.1, 0.15) is 0 Å². The summed E-state index contributed by atoms with van der Waals surface area (Å²) >= 11 is 0. The lowest BCUT2D eigenvalue weighted by Gasteiger charge is -1.99. The number of hydrogen-bond donors (Lipinski definition) is 0. The molecule has 1 aliphatic heterocycles. The summed E-state index contributed by atoms with van der Waals surface area (Å²) in [6, 6.07) is 2.20. The zero-order chi connectivity index (χ0) is 5.11. The zero-order valence-corrected chi connectivity index (χ0v) is 3.94. The highest BCUT2D eigenvalue weighted by atomic mass is 15.1. The van der Waals surface area contributed by atoms with E-state index in [0.29, 0.717) is 0 Å². The summed E-state index contributed by atoms with van der Waals surface area (Å²) in [6.07, 6.45) is 12.3. The lowest BCUT2D eigenvalue weighted by molar-refractivity contribution is 0.559. The minimum absolute atomic E-state index is 0.878. The molecule has 0 aromatic rings. The Bertz CT molecular complexity index is 119. The molecule has 1 heteroatoms. The van der Waals surface area contributed by atoms with E-state index in [2.05, 4.69) is 12.2 Å². The van der Waals surface area contributed by atoms with Crippen molar-refractivity contribution in [3.63, 3.8) is 0 Å². The largest absolute Gasteiger partial charge is 0.299 e. The summed E-state index contributed by atoms with van der Waals surface area (Å²) in [5, 5.41) is 0. The third-order valence-corrected chi connectivity index (χ3v) is 0.879. The fraction of sp³-hybridized carbons (Fsp3) is 0.333. The summed E-state index contributed by atoms with van der Waals surface area (Å²) in [5.74, 6) is 0. The normalized spacial score (nSPS) is 17.3. The van der Waals surface area contributed by atoms with Gasteiger partial charge in [-0.1, -0.05) is 6.08 Å². The van der Waals surface area contributed by atoms with Crippen LogP contribution < -0.4 is 0 Å². The molecule has 0 saturated carbocycles. The van der Waals surface area contributed by atoms with Crippen molar-refractivity contribution in [3.05, 3.63) is 18.7 Å². The standard InChI is InChI=1S/C6H5N/c1-2-7-5-3-4-6-7/h3H,4,6H2. The maximum atomic E-state index is 6.59. The summed E-state index contributed by atoms with van der Waals surface area (Å²) in [7, 11) is 0. The van der Waals surface area contributed by atoms with Gasteiger partial charge in [0.05, 0.1) is 6.20 Å². The van der Waals surface area contributed by atoms with Crippen molar-refractivity contribution < 1.29 is 0 Å². The summed E-state index contributed by atoms with van der Waals surface area (Å²) in [6.45, 7) is 0.878. The van der Waals surface area contributed by atoms with Crippen molar-refractivity contribution in [1.29, 1.82) is 0 Å². The van der Waals surface area contributed by atoms with E-state index in [1.54, 1.807) is 4.90 Å². The molecule has 1 nitrogen and oxygen atoms in total. The first-order valence-corrected chi connectivity index (χ1v) is 2.21. The van der Waals surface area contributed by atoms with Crippen molar-refractivity contribution in [2.45, 2.75) is 6.42 Å². The van der Waals surface area contributed by atoms with Crippen molar-refractivity contribution in [2.24, 2.45) is 0 Å². The van der Waals surface area contributed by atoms with Gasteiger partial charge in [0.25, 0.3) is 0 Å². The van der Waals surface area contributed by atoms with Crippen LogP contribution in [-0.2, 0) is 0 Å². The average molecular weight is 91.1 g/mol. The summed E-state index contributed by atoms with van der Waals surface area (Å²) in [5.41, 5.74) is 0. The summed E-state index contributed by atoms with van der Waals surface area (Å²) < 4.78 is 0. The molecule has 0 saturated heterocycles. The van der Waals surface area contributed by atoms with Crippen LogP contribution in [0.25, 0.3) is 0 Å². The van der Waals surface area contributed by atoms with Crippen LogP contribution in [-0.4, -0.2) is 11.4 Å². The SMILES string of the molecule is [C]#CN1[C]=CCC1. The molecule has 0 amide bonds. The maximum absolute atomic E-state index is 6.59. The monoisotopic (exact) mass is 91.0 g/mol. The lowest BCUT2D eigenvalue weighted by atomic mass is 10.5. The van der Waals surface area contributed by atoms with E-state index in [-0.39, 0.29) is 0 Å². The van der Waals surface area contributed by atoms with Gasteiger partial charge >= 0.3 is 0 Å². The Labute approximate surface area is 43.6 Å². The molecule has 1 aliphatic rings.